The molecule has 0 spiro atoms. The summed E-state index contributed by atoms with van der Waals surface area (Å²) in [5, 5.41) is 4.46. The van der Waals surface area contributed by atoms with Gasteiger partial charge in [-0.05, 0) is 42.7 Å². The molecule has 8 heteroatoms. The summed E-state index contributed by atoms with van der Waals surface area (Å²) in [5.74, 6) is 0.0129. The van der Waals surface area contributed by atoms with Crippen molar-refractivity contribution < 1.29 is 9.53 Å². The Morgan fingerprint density at radius 3 is 2.68 bits per heavy atom. The number of nitrogens with zero attached hydrogens (tertiary/aromatic N) is 2. The van der Waals surface area contributed by atoms with Crippen LogP contribution in [0, 0.1) is 0 Å². The largest absolute Gasteiger partial charge is 0.383 e. The van der Waals surface area contributed by atoms with Gasteiger partial charge in [0.1, 0.15) is 0 Å². The average Bonchev–Trinajstić information content (AvgIpc) is 2.77. The zero-order valence-corrected chi connectivity index (χ0v) is 19.4. The highest BCUT2D eigenvalue weighted by molar-refractivity contribution is 7.99. The van der Waals surface area contributed by atoms with Crippen molar-refractivity contribution in [1.82, 2.24) is 14.9 Å². The van der Waals surface area contributed by atoms with Crippen LogP contribution in [0.2, 0.25) is 5.02 Å². The second-order valence-corrected chi connectivity index (χ2v) is 8.56. The van der Waals surface area contributed by atoms with Gasteiger partial charge in [0.15, 0.2) is 5.16 Å². The van der Waals surface area contributed by atoms with Crippen molar-refractivity contribution in [2.75, 3.05) is 19.5 Å². The van der Waals surface area contributed by atoms with Crippen molar-refractivity contribution in [3.05, 3.63) is 69.0 Å². The van der Waals surface area contributed by atoms with Crippen LogP contribution in [-0.2, 0) is 22.5 Å². The molecular formula is C23H26ClN3O3S. The Balaban J connectivity index is 1.75. The molecule has 0 radical (unpaired) electrons. The number of rotatable bonds is 9. The zero-order valence-electron chi connectivity index (χ0n) is 17.9. The molecule has 2 aromatic carbocycles. The molecule has 3 aromatic rings. The van der Waals surface area contributed by atoms with Crippen LogP contribution in [0.15, 0.2) is 52.4 Å². The van der Waals surface area contributed by atoms with E-state index in [0.29, 0.717) is 34.2 Å². The van der Waals surface area contributed by atoms with Crippen molar-refractivity contribution >= 4 is 40.2 Å². The number of methoxy groups -OCH3 is 1. The molecule has 1 unspecified atom stereocenters. The monoisotopic (exact) mass is 459 g/mol. The van der Waals surface area contributed by atoms with Gasteiger partial charge in [-0.25, -0.2) is 4.98 Å². The second-order valence-electron chi connectivity index (χ2n) is 7.18. The molecule has 0 saturated heterocycles. The highest BCUT2D eigenvalue weighted by Gasteiger charge is 2.15. The van der Waals surface area contributed by atoms with E-state index in [1.165, 1.54) is 17.3 Å². The van der Waals surface area contributed by atoms with Crippen LogP contribution < -0.4 is 10.9 Å². The molecule has 3 rings (SSSR count). The SMILES string of the molecule is CCc1ccc(C(C)NC(=O)CSc2nc3cc(Cl)ccc3c(=O)n2CCOC)cc1. The molecule has 1 aromatic heterocycles. The van der Waals surface area contributed by atoms with E-state index in [-0.39, 0.29) is 23.3 Å². The normalized spacial score (nSPS) is 12.1. The summed E-state index contributed by atoms with van der Waals surface area (Å²) < 4.78 is 6.68. The molecule has 1 amide bonds. The molecule has 0 bridgehead atoms. The molecule has 1 N–H and O–H groups in total. The van der Waals surface area contributed by atoms with Gasteiger partial charge in [0, 0.05) is 12.1 Å². The van der Waals surface area contributed by atoms with E-state index in [1.807, 2.05) is 19.1 Å². The summed E-state index contributed by atoms with van der Waals surface area (Å²) in [6, 6.07) is 13.1. The number of benzene rings is 2. The molecule has 0 aliphatic rings. The van der Waals surface area contributed by atoms with Crippen LogP contribution in [0.25, 0.3) is 10.9 Å². The van der Waals surface area contributed by atoms with Gasteiger partial charge in [0.05, 0.1) is 35.8 Å². The van der Waals surface area contributed by atoms with Crippen LogP contribution in [0.4, 0.5) is 0 Å². The lowest BCUT2D eigenvalue weighted by Gasteiger charge is -2.16. The fourth-order valence-corrected chi connectivity index (χ4v) is 4.21. The summed E-state index contributed by atoms with van der Waals surface area (Å²) in [6.45, 7) is 4.78. The first kappa shape index (κ1) is 23.3. The van der Waals surface area contributed by atoms with E-state index in [4.69, 9.17) is 16.3 Å². The third-order valence-electron chi connectivity index (χ3n) is 5.00. The predicted octanol–water partition coefficient (Wildman–Crippen LogP) is 4.23. The van der Waals surface area contributed by atoms with Crippen molar-refractivity contribution in [2.45, 2.75) is 38.0 Å². The van der Waals surface area contributed by atoms with Gasteiger partial charge < -0.3 is 10.1 Å². The maximum atomic E-state index is 12.9. The lowest BCUT2D eigenvalue weighted by molar-refractivity contribution is -0.119. The number of aryl methyl sites for hydroxylation is 1. The molecule has 1 atom stereocenters. The number of hydrogen-bond donors (Lipinski definition) is 1. The Hall–Kier alpha value is -2.35. The molecule has 0 aliphatic carbocycles. The number of hydrogen-bond acceptors (Lipinski definition) is 5. The molecule has 0 saturated carbocycles. The number of nitrogens with one attached hydrogen (secondary N) is 1. The van der Waals surface area contributed by atoms with Gasteiger partial charge >= 0.3 is 0 Å². The van der Waals surface area contributed by atoms with Gasteiger partial charge in [-0.15, -0.1) is 0 Å². The van der Waals surface area contributed by atoms with Crippen LogP contribution in [0.5, 0.6) is 0 Å². The molecule has 0 fully saturated rings. The molecule has 31 heavy (non-hydrogen) atoms. The fourth-order valence-electron chi connectivity index (χ4n) is 3.20. The van der Waals surface area contributed by atoms with E-state index >= 15 is 0 Å². The van der Waals surface area contributed by atoms with Crippen LogP contribution in [0.1, 0.15) is 31.0 Å². The Morgan fingerprint density at radius 1 is 1.26 bits per heavy atom. The summed E-state index contributed by atoms with van der Waals surface area (Å²) in [6.07, 6.45) is 0.979. The fraction of sp³-hybridized carbons (Fsp3) is 0.348. The standard InChI is InChI=1S/C23H26ClN3O3S/c1-4-16-5-7-17(8-6-16)15(2)25-21(28)14-31-23-26-20-13-18(24)9-10-19(20)22(29)27(23)11-12-30-3/h5-10,13,15H,4,11-12,14H2,1-3H3,(H,25,28). The van der Waals surface area contributed by atoms with E-state index in [0.717, 1.165) is 12.0 Å². The Morgan fingerprint density at radius 2 is 2.00 bits per heavy atom. The highest BCUT2D eigenvalue weighted by atomic mass is 35.5. The number of ether oxygens (including phenoxy) is 1. The molecule has 6 nitrogen and oxygen atoms in total. The van der Waals surface area contributed by atoms with E-state index < -0.39 is 0 Å². The van der Waals surface area contributed by atoms with Crippen molar-refractivity contribution in [2.24, 2.45) is 0 Å². The Labute approximate surface area is 191 Å². The zero-order chi connectivity index (χ0) is 22.4. The highest BCUT2D eigenvalue weighted by Crippen LogP contribution is 2.21. The first-order valence-corrected chi connectivity index (χ1v) is 11.5. The van der Waals surface area contributed by atoms with Gasteiger partial charge in [0.2, 0.25) is 5.91 Å². The van der Waals surface area contributed by atoms with E-state index in [9.17, 15) is 9.59 Å². The smallest absolute Gasteiger partial charge is 0.262 e. The quantitative estimate of drug-likeness (QED) is 0.383. The lowest BCUT2D eigenvalue weighted by Crippen LogP contribution is -2.29. The minimum Gasteiger partial charge on any atom is -0.383 e. The van der Waals surface area contributed by atoms with Gasteiger partial charge in [-0.1, -0.05) is 54.6 Å². The minimum absolute atomic E-state index is 0.113. The molecular weight excluding hydrogens is 434 g/mol. The molecule has 0 aliphatic heterocycles. The molecule has 164 valence electrons. The van der Waals surface area contributed by atoms with Gasteiger partial charge in [-0.2, -0.15) is 0 Å². The van der Waals surface area contributed by atoms with Crippen LogP contribution in [0.3, 0.4) is 0 Å². The number of fused-ring (bicyclic) bond motifs is 1. The van der Waals surface area contributed by atoms with Crippen LogP contribution >= 0.6 is 23.4 Å². The topological polar surface area (TPSA) is 73.2 Å². The number of carbonyl (C=O) groups is 1. The van der Waals surface area contributed by atoms with Gasteiger partial charge in [0.25, 0.3) is 5.56 Å². The summed E-state index contributed by atoms with van der Waals surface area (Å²) in [7, 11) is 1.58. The van der Waals surface area contributed by atoms with Crippen molar-refractivity contribution in [1.29, 1.82) is 0 Å². The van der Waals surface area contributed by atoms with Crippen molar-refractivity contribution in [3.63, 3.8) is 0 Å². The van der Waals surface area contributed by atoms with E-state index in [2.05, 4.69) is 29.4 Å². The Bertz CT molecular complexity index is 1120. The maximum Gasteiger partial charge on any atom is 0.262 e. The summed E-state index contributed by atoms with van der Waals surface area (Å²) >= 11 is 7.29. The second kappa shape index (κ2) is 10.8. The predicted molar refractivity (Wildman–Crippen MR) is 126 cm³/mol. The van der Waals surface area contributed by atoms with Crippen molar-refractivity contribution in [3.8, 4) is 0 Å². The van der Waals surface area contributed by atoms with Crippen LogP contribution in [-0.4, -0.2) is 34.9 Å². The van der Waals surface area contributed by atoms with Gasteiger partial charge in [-0.3, -0.25) is 14.2 Å². The number of carbonyl (C=O) groups excluding carboxylic acids is 1. The van der Waals surface area contributed by atoms with E-state index in [1.54, 1.807) is 29.9 Å². The summed E-state index contributed by atoms with van der Waals surface area (Å²) in [4.78, 5) is 30.1. The molecule has 1 heterocycles. The number of aromatic nitrogens is 2. The number of halogens is 1. The number of thioether (sulfide) groups is 1. The lowest BCUT2D eigenvalue weighted by atomic mass is 10.1. The average molecular weight is 460 g/mol. The maximum absolute atomic E-state index is 12.9. The minimum atomic E-state index is -0.175. The Kier molecular flexibility index (Phi) is 8.12. The third kappa shape index (κ3) is 5.87. The first-order chi connectivity index (χ1) is 14.9. The first-order valence-electron chi connectivity index (χ1n) is 10.1. The summed E-state index contributed by atoms with van der Waals surface area (Å²) in [5.41, 5.74) is 2.64. The number of amides is 1. The third-order valence-corrected chi connectivity index (χ3v) is 6.21.